The number of carbonyl (C=O) groups is 1. The van der Waals surface area contributed by atoms with Crippen molar-refractivity contribution >= 4 is 6.09 Å². The van der Waals surface area contributed by atoms with E-state index in [0.29, 0.717) is 6.42 Å². The van der Waals surface area contributed by atoms with Crippen molar-refractivity contribution in [2.45, 2.75) is 57.5 Å². The number of rotatable bonds is 1. The summed E-state index contributed by atoms with van der Waals surface area (Å²) in [6, 6.07) is -1.25. The van der Waals surface area contributed by atoms with Crippen molar-refractivity contribution in [1.29, 1.82) is 0 Å². The van der Waals surface area contributed by atoms with Gasteiger partial charge in [0.05, 0.1) is 6.04 Å². The lowest BCUT2D eigenvalue weighted by Gasteiger charge is -2.31. The van der Waals surface area contributed by atoms with E-state index in [1.165, 1.54) is 0 Å². The Morgan fingerprint density at radius 1 is 1.39 bits per heavy atom. The summed E-state index contributed by atoms with van der Waals surface area (Å²) >= 11 is 0. The second-order valence-electron chi connectivity index (χ2n) is 5.37. The normalized spacial score (nSPS) is 23.1. The molecule has 0 saturated carbocycles. The van der Waals surface area contributed by atoms with E-state index in [2.05, 4.69) is 0 Å². The number of amides is 1. The number of hydrogen-bond donors (Lipinski definition) is 1. The molecule has 0 aromatic carbocycles. The molecule has 7 heteroatoms. The number of halogens is 3. The molecule has 0 bridgehead atoms. The van der Waals surface area contributed by atoms with Crippen LogP contribution in [0.4, 0.5) is 18.0 Å². The lowest BCUT2D eigenvalue weighted by Crippen LogP contribution is -2.50. The van der Waals surface area contributed by atoms with Gasteiger partial charge in [0.1, 0.15) is 5.60 Å². The van der Waals surface area contributed by atoms with Crippen molar-refractivity contribution in [2.75, 3.05) is 6.54 Å². The number of ether oxygens (including phenoxy) is 1. The van der Waals surface area contributed by atoms with Gasteiger partial charge in [-0.2, -0.15) is 13.2 Å². The molecule has 0 spiro atoms. The maximum Gasteiger partial charge on any atom is 0.416 e. The van der Waals surface area contributed by atoms with Gasteiger partial charge in [-0.3, -0.25) is 0 Å². The largest absolute Gasteiger partial charge is 0.444 e. The minimum atomic E-state index is -4.73. The quantitative estimate of drug-likeness (QED) is 0.794. The van der Waals surface area contributed by atoms with Gasteiger partial charge in [-0.1, -0.05) is 0 Å². The average molecular weight is 269 g/mol. The summed E-state index contributed by atoms with van der Waals surface area (Å²) < 4.78 is 42.4. The van der Waals surface area contributed by atoms with Crippen LogP contribution < -0.4 is 0 Å². The van der Waals surface area contributed by atoms with Crippen molar-refractivity contribution in [3.05, 3.63) is 0 Å². The van der Waals surface area contributed by atoms with E-state index < -0.39 is 30.0 Å². The molecule has 2 atom stereocenters. The zero-order chi connectivity index (χ0) is 14.1. The molecule has 1 unspecified atom stereocenters. The van der Waals surface area contributed by atoms with Crippen molar-refractivity contribution in [1.82, 2.24) is 4.90 Å². The summed E-state index contributed by atoms with van der Waals surface area (Å²) in [4.78, 5) is 12.7. The Labute approximate surface area is 104 Å². The van der Waals surface area contributed by atoms with Gasteiger partial charge in [0.2, 0.25) is 0 Å². The van der Waals surface area contributed by atoms with Gasteiger partial charge in [-0.25, -0.2) is 4.79 Å². The third-order valence-electron chi connectivity index (χ3n) is 2.63. The lowest BCUT2D eigenvalue weighted by atomic mass is 10.1. The number of likely N-dealkylation sites (tertiary alicyclic amines) is 1. The van der Waals surface area contributed by atoms with Crippen LogP contribution >= 0.6 is 0 Å². The van der Waals surface area contributed by atoms with Gasteiger partial charge in [-0.05, 0) is 33.6 Å². The van der Waals surface area contributed by atoms with E-state index in [4.69, 9.17) is 4.74 Å². The van der Waals surface area contributed by atoms with Gasteiger partial charge in [0.25, 0.3) is 0 Å². The maximum atomic E-state index is 12.4. The van der Waals surface area contributed by atoms with Crippen LogP contribution in [0.25, 0.3) is 0 Å². The molecule has 1 rings (SSSR count). The van der Waals surface area contributed by atoms with Gasteiger partial charge < -0.3 is 14.7 Å². The zero-order valence-corrected chi connectivity index (χ0v) is 10.6. The van der Waals surface area contributed by atoms with Crippen LogP contribution in [0.2, 0.25) is 0 Å². The summed E-state index contributed by atoms with van der Waals surface area (Å²) in [6.07, 6.45) is -7.51. The monoisotopic (exact) mass is 269 g/mol. The Bertz CT molecular complexity index is 312. The summed E-state index contributed by atoms with van der Waals surface area (Å²) in [7, 11) is 0. The number of alkyl halides is 3. The minimum absolute atomic E-state index is 0.125. The predicted octanol–water partition coefficient (Wildman–Crippen LogP) is 2.31. The van der Waals surface area contributed by atoms with Gasteiger partial charge >= 0.3 is 12.3 Å². The molecule has 1 saturated heterocycles. The molecule has 0 aromatic rings. The number of aliphatic hydroxyl groups excluding tert-OH is 1. The van der Waals surface area contributed by atoms with Crippen molar-refractivity contribution in [3.8, 4) is 0 Å². The van der Waals surface area contributed by atoms with Gasteiger partial charge in [0.15, 0.2) is 6.10 Å². The number of nitrogens with zero attached hydrogens (tertiary/aromatic N) is 1. The molecule has 1 N–H and O–H groups in total. The van der Waals surface area contributed by atoms with Crippen LogP contribution in [0.15, 0.2) is 0 Å². The lowest BCUT2D eigenvalue weighted by molar-refractivity contribution is -0.217. The van der Waals surface area contributed by atoms with E-state index in [1.54, 1.807) is 20.8 Å². The Morgan fingerprint density at radius 2 is 1.94 bits per heavy atom. The average Bonchev–Trinajstić information content (AvgIpc) is 2.60. The molecule has 0 radical (unpaired) electrons. The van der Waals surface area contributed by atoms with Crippen molar-refractivity contribution in [2.24, 2.45) is 0 Å². The van der Waals surface area contributed by atoms with E-state index in [1.807, 2.05) is 0 Å². The summed E-state index contributed by atoms with van der Waals surface area (Å²) in [6.45, 7) is 5.08. The molecule has 1 amide bonds. The van der Waals surface area contributed by atoms with Crippen LogP contribution in [-0.2, 0) is 4.74 Å². The van der Waals surface area contributed by atoms with Crippen LogP contribution in [-0.4, -0.2) is 46.6 Å². The highest BCUT2D eigenvalue weighted by Crippen LogP contribution is 2.31. The molecule has 1 heterocycles. The molecule has 1 fully saturated rings. The number of hydrogen-bond acceptors (Lipinski definition) is 3. The highest BCUT2D eigenvalue weighted by atomic mass is 19.4. The summed E-state index contributed by atoms with van der Waals surface area (Å²) in [5, 5.41) is 9.23. The van der Waals surface area contributed by atoms with Crippen molar-refractivity contribution in [3.63, 3.8) is 0 Å². The fourth-order valence-corrected chi connectivity index (χ4v) is 1.89. The van der Waals surface area contributed by atoms with Crippen LogP contribution in [0.5, 0.6) is 0 Å². The molecular weight excluding hydrogens is 251 g/mol. The third-order valence-corrected chi connectivity index (χ3v) is 2.63. The molecule has 18 heavy (non-hydrogen) atoms. The first-order chi connectivity index (χ1) is 8.02. The van der Waals surface area contributed by atoms with Crippen LogP contribution in [0.1, 0.15) is 33.6 Å². The predicted molar refractivity (Wildman–Crippen MR) is 58.0 cm³/mol. The van der Waals surface area contributed by atoms with Crippen molar-refractivity contribution < 1.29 is 27.8 Å². The number of carbonyl (C=O) groups excluding carboxylic acids is 1. The second kappa shape index (κ2) is 4.95. The second-order valence-corrected chi connectivity index (χ2v) is 5.37. The molecule has 0 aromatic heterocycles. The Kier molecular flexibility index (Phi) is 4.15. The highest BCUT2D eigenvalue weighted by molar-refractivity contribution is 5.69. The standard InChI is InChI=1S/C11H18F3NO3/c1-10(2,3)18-9(17)15-6-4-5-7(15)8(16)11(12,13)14/h7-8,16H,4-6H2,1-3H3/t7?,8-/m0/s1. The van der Waals surface area contributed by atoms with Crippen LogP contribution in [0, 0.1) is 0 Å². The first kappa shape index (κ1) is 15.1. The molecule has 1 aliphatic heterocycles. The first-order valence-electron chi connectivity index (χ1n) is 5.77. The first-order valence-corrected chi connectivity index (χ1v) is 5.77. The van der Waals surface area contributed by atoms with E-state index >= 15 is 0 Å². The molecular formula is C11H18F3NO3. The fourth-order valence-electron chi connectivity index (χ4n) is 1.89. The van der Waals surface area contributed by atoms with Crippen LogP contribution in [0.3, 0.4) is 0 Å². The fraction of sp³-hybridized carbons (Fsp3) is 0.909. The number of aliphatic hydroxyl groups is 1. The smallest absolute Gasteiger partial charge is 0.416 e. The Balaban J connectivity index is 2.74. The minimum Gasteiger partial charge on any atom is -0.444 e. The molecule has 4 nitrogen and oxygen atoms in total. The Hall–Kier alpha value is -0.980. The van der Waals surface area contributed by atoms with E-state index in [-0.39, 0.29) is 13.0 Å². The third kappa shape index (κ3) is 3.76. The maximum absolute atomic E-state index is 12.4. The molecule has 1 aliphatic rings. The topological polar surface area (TPSA) is 49.8 Å². The SMILES string of the molecule is CC(C)(C)OC(=O)N1CCCC1[C@H](O)C(F)(F)F. The summed E-state index contributed by atoms with van der Waals surface area (Å²) in [5.74, 6) is 0. The summed E-state index contributed by atoms with van der Waals surface area (Å²) in [5.41, 5.74) is -0.770. The Morgan fingerprint density at radius 3 is 2.39 bits per heavy atom. The van der Waals surface area contributed by atoms with E-state index in [9.17, 15) is 23.1 Å². The molecule has 106 valence electrons. The van der Waals surface area contributed by atoms with Gasteiger partial charge in [-0.15, -0.1) is 0 Å². The molecule has 0 aliphatic carbocycles. The van der Waals surface area contributed by atoms with E-state index in [0.717, 1.165) is 4.90 Å². The highest BCUT2D eigenvalue weighted by Gasteiger charge is 2.48. The zero-order valence-electron chi connectivity index (χ0n) is 10.6. The van der Waals surface area contributed by atoms with Gasteiger partial charge in [0, 0.05) is 6.54 Å².